The number of nitrogens with zero attached hydrogens (tertiary/aromatic N) is 1. The number of rotatable bonds is 5. The standard InChI is InChI=1S/C15H19N3O5/c19-14(11-2-1-3-13(8-11)18(22)23)16-9-10-4-6-12(7-5-10)17-15(20)21/h1-3,8,10,12,17H,4-7,9H2,(H,16,19)(H,20,21). The number of nitro groups is 1. The van der Waals surface area contributed by atoms with Crippen LogP contribution in [0.3, 0.4) is 0 Å². The maximum atomic E-state index is 12.0. The zero-order valence-corrected chi connectivity index (χ0v) is 12.5. The lowest BCUT2D eigenvalue weighted by Crippen LogP contribution is -2.39. The first-order chi connectivity index (χ1) is 11.0. The summed E-state index contributed by atoms with van der Waals surface area (Å²) in [4.78, 5) is 32.8. The van der Waals surface area contributed by atoms with Crippen LogP contribution in [0.25, 0.3) is 0 Å². The van der Waals surface area contributed by atoms with E-state index in [1.807, 2.05) is 0 Å². The Morgan fingerprint density at radius 2 is 1.96 bits per heavy atom. The molecule has 2 rings (SSSR count). The highest BCUT2D eigenvalue weighted by Gasteiger charge is 2.22. The number of nitro benzene ring substituents is 1. The van der Waals surface area contributed by atoms with E-state index in [1.165, 1.54) is 24.3 Å². The van der Waals surface area contributed by atoms with E-state index >= 15 is 0 Å². The summed E-state index contributed by atoms with van der Waals surface area (Å²) < 4.78 is 0. The van der Waals surface area contributed by atoms with Crippen LogP contribution in [-0.2, 0) is 0 Å². The second-order valence-corrected chi connectivity index (χ2v) is 5.68. The molecule has 1 aromatic carbocycles. The monoisotopic (exact) mass is 321 g/mol. The van der Waals surface area contributed by atoms with Gasteiger partial charge in [0, 0.05) is 30.3 Å². The number of hydrogen-bond donors (Lipinski definition) is 3. The summed E-state index contributed by atoms with van der Waals surface area (Å²) in [5.41, 5.74) is 0.151. The molecule has 1 saturated carbocycles. The van der Waals surface area contributed by atoms with Gasteiger partial charge < -0.3 is 15.7 Å². The Bertz CT molecular complexity index is 597. The zero-order valence-electron chi connectivity index (χ0n) is 12.5. The van der Waals surface area contributed by atoms with Crippen molar-refractivity contribution >= 4 is 17.7 Å². The predicted molar refractivity (Wildman–Crippen MR) is 82.3 cm³/mol. The van der Waals surface area contributed by atoms with Gasteiger partial charge in [0.25, 0.3) is 11.6 Å². The Morgan fingerprint density at radius 1 is 1.26 bits per heavy atom. The van der Waals surface area contributed by atoms with Crippen molar-refractivity contribution in [1.29, 1.82) is 0 Å². The minimum Gasteiger partial charge on any atom is -0.465 e. The molecule has 0 spiro atoms. The summed E-state index contributed by atoms with van der Waals surface area (Å²) >= 11 is 0. The highest BCUT2D eigenvalue weighted by molar-refractivity contribution is 5.94. The third-order valence-electron chi connectivity index (χ3n) is 4.04. The molecule has 3 N–H and O–H groups in total. The average Bonchev–Trinajstić information content (AvgIpc) is 2.53. The number of amides is 2. The van der Waals surface area contributed by atoms with E-state index < -0.39 is 11.0 Å². The fourth-order valence-electron chi connectivity index (χ4n) is 2.79. The van der Waals surface area contributed by atoms with Crippen molar-refractivity contribution in [2.45, 2.75) is 31.7 Å². The van der Waals surface area contributed by atoms with Crippen molar-refractivity contribution in [2.24, 2.45) is 5.92 Å². The summed E-state index contributed by atoms with van der Waals surface area (Å²) in [5.74, 6) is -0.0380. The van der Waals surface area contributed by atoms with Crippen molar-refractivity contribution in [3.63, 3.8) is 0 Å². The fourth-order valence-corrected chi connectivity index (χ4v) is 2.79. The maximum Gasteiger partial charge on any atom is 0.404 e. The lowest BCUT2D eigenvalue weighted by molar-refractivity contribution is -0.384. The highest BCUT2D eigenvalue weighted by Crippen LogP contribution is 2.24. The Kier molecular flexibility index (Phi) is 5.51. The number of non-ortho nitro benzene ring substituents is 1. The lowest BCUT2D eigenvalue weighted by atomic mass is 9.86. The van der Waals surface area contributed by atoms with E-state index in [1.54, 1.807) is 0 Å². The van der Waals surface area contributed by atoms with Gasteiger partial charge in [0.15, 0.2) is 0 Å². The molecule has 1 aliphatic carbocycles. The topological polar surface area (TPSA) is 122 Å². The van der Waals surface area contributed by atoms with E-state index in [0.29, 0.717) is 12.5 Å². The van der Waals surface area contributed by atoms with Gasteiger partial charge in [0.05, 0.1) is 4.92 Å². The molecule has 23 heavy (non-hydrogen) atoms. The van der Waals surface area contributed by atoms with Gasteiger partial charge in [-0.15, -0.1) is 0 Å². The highest BCUT2D eigenvalue weighted by atomic mass is 16.6. The largest absolute Gasteiger partial charge is 0.465 e. The van der Waals surface area contributed by atoms with Crippen LogP contribution in [0, 0.1) is 16.0 Å². The molecule has 1 aromatic rings. The second-order valence-electron chi connectivity index (χ2n) is 5.68. The summed E-state index contributed by atoms with van der Waals surface area (Å²) in [6.45, 7) is 0.487. The van der Waals surface area contributed by atoms with Crippen LogP contribution in [0.4, 0.5) is 10.5 Å². The molecule has 0 radical (unpaired) electrons. The zero-order chi connectivity index (χ0) is 16.8. The summed E-state index contributed by atoms with van der Waals surface area (Å²) in [6, 6.07) is 5.60. The number of carboxylic acid groups (broad SMARTS) is 1. The molecule has 8 nitrogen and oxygen atoms in total. The predicted octanol–water partition coefficient (Wildman–Crippen LogP) is 2.15. The Labute approximate surface area is 133 Å². The molecule has 2 amide bonds. The van der Waals surface area contributed by atoms with Crippen molar-refractivity contribution < 1.29 is 19.6 Å². The van der Waals surface area contributed by atoms with E-state index in [2.05, 4.69) is 10.6 Å². The molecule has 1 aliphatic rings. The average molecular weight is 321 g/mol. The first kappa shape index (κ1) is 16.7. The van der Waals surface area contributed by atoms with E-state index in [4.69, 9.17) is 5.11 Å². The second kappa shape index (κ2) is 7.57. The quantitative estimate of drug-likeness (QED) is 0.566. The molecule has 0 aliphatic heterocycles. The van der Waals surface area contributed by atoms with Crippen LogP contribution >= 0.6 is 0 Å². The van der Waals surface area contributed by atoms with Crippen LogP contribution in [0.15, 0.2) is 24.3 Å². The molecule has 0 saturated heterocycles. The molecule has 8 heteroatoms. The van der Waals surface area contributed by atoms with Crippen LogP contribution in [0.5, 0.6) is 0 Å². The third-order valence-corrected chi connectivity index (χ3v) is 4.04. The first-order valence-corrected chi connectivity index (χ1v) is 7.48. The van der Waals surface area contributed by atoms with Gasteiger partial charge in [-0.2, -0.15) is 0 Å². The molecule has 0 heterocycles. The number of benzene rings is 1. The Balaban J connectivity index is 1.80. The summed E-state index contributed by atoms with van der Waals surface area (Å²) in [7, 11) is 0. The van der Waals surface area contributed by atoms with E-state index in [-0.39, 0.29) is 23.2 Å². The van der Waals surface area contributed by atoms with Crippen molar-refractivity contribution in [3.8, 4) is 0 Å². The van der Waals surface area contributed by atoms with Crippen molar-refractivity contribution in [2.75, 3.05) is 6.54 Å². The van der Waals surface area contributed by atoms with Crippen LogP contribution in [0.2, 0.25) is 0 Å². The van der Waals surface area contributed by atoms with Crippen molar-refractivity contribution in [1.82, 2.24) is 10.6 Å². The Morgan fingerprint density at radius 3 is 2.57 bits per heavy atom. The Hall–Kier alpha value is -2.64. The van der Waals surface area contributed by atoms with Gasteiger partial charge in [-0.3, -0.25) is 14.9 Å². The fraction of sp³-hybridized carbons (Fsp3) is 0.467. The number of carbonyl (C=O) groups excluding carboxylic acids is 1. The van der Waals surface area contributed by atoms with E-state index in [0.717, 1.165) is 25.7 Å². The van der Waals surface area contributed by atoms with Gasteiger partial charge in [0.2, 0.25) is 0 Å². The third kappa shape index (κ3) is 4.94. The van der Waals surface area contributed by atoms with Gasteiger partial charge in [-0.05, 0) is 37.7 Å². The molecular weight excluding hydrogens is 302 g/mol. The van der Waals surface area contributed by atoms with Gasteiger partial charge >= 0.3 is 6.09 Å². The smallest absolute Gasteiger partial charge is 0.404 e. The summed E-state index contributed by atoms with van der Waals surface area (Å²) in [5, 5.41) is 24.7. The molecule has 124 valence electrons. The summed E-state index contributed by atoms with van der Waals surface area (Å²) in [6.07, 6.45) is 2.17. The molecule has 0 aromatic heterocycles. The van der Waals surface area contributed by atoms with E-state index in [9.17, 15) is 19.7 Å². The SMILES string of the molecule is O=C(O)NC1CCC(CNC(=O)c2cccc([N+](=O)[O-])c2)CC1. The van der Waals surface area contributed by atoms with Gasteiger partial charge in [0.1, 0.15) is 0 Å². The molecule has 0 unspecified atom stereocenters. The molecular formula is C15H19N3O5. The number of carbonyl (C=O) groups is 2. The maximum absolute atomic E-state index is 12.0. The first-order valence-electron chi connectivity index (χ1n) is 7.48. The minimum atomic E-state index is -1.01. The van der Waals surface area contributed by atoms with Gasteiger partial charge in [-0.25, -0.2) is 4.79 Å². The van der Waals surface area contributed by atoms with Gasteiger partial charge in [-0.1, -0.05) is 6.07 Å². The van der Waals surface area contributed by atoms with Crippen LogP contribution < -0.4 is 10.6 Å². The van der Waals surface area contributed by atoms with Crippen molar-refractivity contribution in [3.05, 3.63) is 39.9 Å². The van der Waals surface area contributed by atoms with Crippen LogP contribution in [-0.4, -0.2) is 34.6 Å². The molecule has 0 bridgehead atoms. The lowest BCUT2D eigenvalue weighted by Gasteiger charge is -2.28. The minimum absolute atomic E-state index is 0.0174. The number of nitrogens with one attached hydrogen (secondary N) is 2. The molecule has 1 fully saturated rings. The number of hydrogen-bond acceptors (Lipinski definition) is 4. The van der Waals surface area contributed by atoms with Crippen LogP contribution in [0.1, 0.15) is 36.0 Å². The normalized spacial score (nSPS) is 20.5. The molecule has 0 atom stereocenters.